The smallest absolute Gasteiger partial charge is 0.308 e. The predicted octanol–water partition coefficient (Wildman–Crippen LogP) is 3.47. The van der Waals surface area contributed by atoms with E-state index >= 15 is 0 Å². The van der Waals surface area contributed by atoms with Crippen molar-refractivity contribution in [3.8, 4) is 5.69 Å². The van der Waals surface area contributed by atoms with Crippen LogP contribution >= 0.6 is 11.3 Å². The molecule has 2 aromatic heterocycles. The van der Waals surface area contributed by atoms with E-state index in [0.717, 1.165) is 21.6 Å². The molecule has 1 N–H and O–H groups in total. The van der Waals surface area contributed by atoms with Crippen LogP contribution in [-0.2, 0) is 4.79 Å². The molecule has 1 aliphatic rings. The van der Waals surface area contributed by atoms with Gasteiger partial charge in [-0.2, -0.15) is 5.10 Å². The number of nitrogens with zero attached hydrogens (tertiary/aromatic N) is 3. The molecule has 2 unspecified atom stereocenters. The van der Waals surface area contributed by atoms with Gasteiger partial charge in [-0.25, -0.2) is 9.07 Å². The van der Waals surface area contributed by atoms with E-state index < -0.39 is 11.9 Å². The van der Waals surface area contributed by atoms with Crippen molar-refractivity contribution in [2.45, 2.75) is 26.3 Å². The van der Waals surface area contributed by atoms with E-state index in [1.54, 1.807) is 28.6 Å². The van der Waals surface area contributed by atoms with Crippen molar-refractivity contribution in [1.82, 2.24) is 14.7 Å². The minimum Gasteiger partial charge on any atom is -0.481 e. The van der Waals surface area contributed by atoms with E-state index in [1.807, 2.05) is 13.0 Å². The summed E-state index contributed by atoms with van der Waals surface area (Å²) in [5, 5.41) is 14.6. The van der Waals surface area contributed by atoms with Crippen LogP contribution in [0.4, 0.5) is 4.39 Å². The number of rotatable bonds is 3. The Balaban J connectivity index is 1.70. The fraction of sp³-hybridized carbons (Fsp3) is 0.316. The summed E-state index contributed by atoms with van der Waals surface area (Å²) in [4.78, 5) is 27.3. The maximum atomic E-state index is 13.2. The van der Waals surface area contributed by atoms with E-state index in [4.69, 9.17) is 0 Å². The molecule has 0 bridgehead atoms. The lowest BCUT2D eigenvalue weighted by Gasteiger charge is -2.22. The number of aliphatic carboxylic acids is 1. The van der Waals surface area contributed by atoms with Gasteiger partial charge in [0.1, 0.15) is 10.6 Å². The van der Waals surface area contributed by atoms with Crippen LogP contribution in [-0.4, -0.2) is 44.3 Å². The highest BCUT2D eigenvalue weighted by molar-refractivity contribution is 7.20. The highest BCUT2D eigenvalue weighted by atomic mass is 32.1. The zero-order valence-corrected chi connectivity index (χ0v) is 15.7. The first-order chi connectivity index (χ1) is 12.9. The van der Waals surface area contributed by atoms with Crippen LogP contribution < -0.4 is 0 Å². The number of fused-ring (bicyclic) bond motifs is 1. The Morgan fingerprint density at radius 1 is 1.30 bits per heavy atom. The molecule has 1 fully saturated rings. The maximum absolute atomic E-state index is 13.2. The van der Waals surface area contributed by atoms with Crippen molar-refractivity contribution in [1.29, 1.82) is 0 Å². The Labute approximate surface area is 158 Å². The number of hydrogen-bond acceptors (Lipinski definition) is 4. The maximum Gasteiger partial charge on any atom is 0.308 e. The number of aryl methyl sites for hydroxylation is 1. The van der Waals surface area contributed by atoms with Gasteiger partial charge in [-0.15, -0.1) is 11.3 Å². The van der Waals surface area contributed by atoms with Crippen LogP contribution in [0.15, 0.2) is 30.3 Å². The van der Waals surface area contributed by atoms with Crippen molar-refractivity contribution >= 4 is 33.4 Å². The van der Waals surface area contributed by atoms with Crippen LogP contribution in [0.25, 0.3) is 15.9 Å². The van der Waals surface area contributed by atoms with E-state index in [-0.39, 0.29) is 17.8 Å². The SMILES string of the molecule is Cc1nn(-c2ccc(F)cc2)c2sc(C(=O)N3CCC(C(=O)O)C3C)cc12. The Bertz CT molecular complexity index is 1040. The summed E-state index contributed by atoms with van der Waals surface area (Å²) in [6.07, 6.45) is 0.468. The van der Waals surface area contributed by atoms with E-state index in [0.29, 0.717) is 17.8 Å². The van der Waals surface area contributed by atoms with Crippen molar-refractivity contribution in [2.75, 3.05) is 6.54 Å². The number of hydrogen-bond donors (Lipinski definition) is 1. The number of carboxylic acids is 1. The van der Waals surface area contributed by atoms with Gasteiger partial charge in [-0.1, -0.05) is 0 Å². The average molecular weight is 387 g/mol. The molecule has 6 nitrogen and oxygen atoms in total. The van der Waals surface area contributed by atoms with Gasteiger partial charge < -0.3 is 10.0 Å². The molecule has 0 spiro atoms. The highest BCUT2D eigenvalue weighted by Gasteiger charge is 2.39. The number of aromatic nitrogens is 2. The Hall–Kier alpha value is -2.74. The number of likely N-dealkylation sites (tertiary alicyclic amines) is 1. The topological polar surface area (TPSA) is 75.4 Å². The highest BCUT2D eigenvalue weighted by Crippen LogP contribution is 2.33. The first-order valence-electron chi connectivity index (χ1n) is 8.65. The molecule has 1 aliphatic heterocycles. The van der Waals surface area contributed by atoms with Gasteiger partial charge in [0.2, 0.25) is 0 Å². The second-order valence-electron chi connectivity index (χ2n) is 6.78. The van der Waals surface area contributed by atoms with Crippen molar-refractivity contribution in [2.24, 2.45) is 5.92 Å². The second-order valence-corrected chi connectivity index (χ2v) is 7.81. The summed E-state index contributed by atoms with van der Waals surface area (Å²) in [7, 11) is 0. The summed E-state index contributed by atoms with van der Waals surface area (Å²) in [5.74, 6) is -1.87. The lowest BCUT2D eigenvalue weighted by Crippen LogP contribution is -2.37. The van der Waals surface area contributed by atoms with Gasteiger partial charge in [-0.05, 0) is 50.6 Å². The Morgan fingerprint density at radius 3 is 2.63 bits per heavy atom. The number of halogens is 1. The van der Waals surface area contributed by atoms with Crippen molar-refractivity contribution in [3.05, 3.63) is 46.7 Å². The van der Waals surface area contributed by atoms with Crippen LogP contribution in [0.5, 0.6) is 0 Å². The number of thiophene rings is 1. The van der Waals surface area contributed by atoms with Gasteiger partial charge in [0.25, 0.3) is 5.91 Å². The second kappa shape index (κ2) is 6.45. The minimum absolute atomic E-state index is 0.155. The third-order valence-electron chi connectivity index (χ3n) is 5.16. The molecule has 8 heteroatoms. The molecule has 3 heterocycles. The number of amides is 1. The van der Waals surface area contributed by atoms with Crippen LogP contribution in [0, 0.1) is 18.7 Å². The summed E-state index contributed by atoms with van der Waals surface area (Å²) in [6.45, 7) is 4.08. The quantitative estimate of drug-likeness (QED) is 0.747. The third-order valence-corrected chi connectivity index (χ3v) is 6.26. The Kier molecular flexibility index (Phi) is 4.22. The molecule has 2 atom stereocenters. The molecule has 4 rings (SSSR count). The summed E-state index contributed by atoms with van der Waals surface area (Å²) >= 11 is 1.32. The fourth-order valence-electron chi connectivity index (χ4n) is 3.61. The molecule has 27 heavy (non-hydrogen) atoms. The lowest BCUT2D eigenvalue weighted by molar-refractivity contribution is -0.142. The van der Waals surface area contributed by atoms with Crippen LogP contribution in [0.3, 0.4) is 0 Å². The molecule has 3 aromatic rings. The minimum atomic E-state index is -0.864. The first kappa shape index (κ1) is 17.7. The molecule has 1 aromatic carbocycles. The summed E-state index contributed by atoms with van der Waals surface area (Å²) < 4.78 is 14.9. The zero-order valence-electron chi connectivity index (χ0n) is 14.8. The standard InChI is InChI=1S/C19H18FN3O3S/c1-10-15-9-16(17(24)22-8-7-14(11(22)2)19(25)26)27-18(15)23(21-10)13-5-3-12(20)4-6-13/h3-6,9,11,14H,7-8H2,1-2H3,(H,25,26). The van der Waals surface area contributed by atoms with E-state index in [2.05, 4.69) is 5.10 Å². The molecule has 1 amide bonds. The van der Waals surface area contributed by atoms with Crippen LogP contribution in [0.2, 0.25) is 0 Å². The zero-order chi connectivity index (χ0) is 19.3. The van der Waals surface area contributed by atoms with Crippen LogP contribution in [0.1, 0.15) is 28.7 Å². The molecular weight excluding hydrogens is 369 g/mol. The summed E-state index contributed by atoms with van der Waals surface area (Å²) in [5.41, 5.74) is 1.50. The first-order valence-corrected chi connectivity index (χ1v) is 9.47. The van der Waals surface area contributed by atoms with Gasteiger partial charge in [0, 0.05) is 18.0 Å². The lowest BCUT2D eigenvalue weighted by atomic mass is 10.0. The summed E-state index contributed by atoms with van der Waals surface area (Å²) in [6, 6.07) is 7.50. The molecule has 140 valence electrons. The normalized spacial score (nSPS) is 19.7. The molecule has 0 aliphatic carbocycles. The molecule has 0 radical (unpaired) electrons. The van der Waals surface area contributed by atoms with Gasteiger partial charge in [0.05, 0.1) is 22.2 Å². The predicted molar refractivity (Wildman–Crippen MR) is 99.9 cm³/mol. The monoisotopic (exact) mass is 387 g/mol. The fourth-order valence-corrected chi connectivity index (χ4v) is 4.75. The average Bonchev–Trinajstić information content (AvgIpc) is 3.30. The van der Waals surface area contributed by atoms with E-state index in [1.165, 1.54) is 23.5 Å². The number of carbonyl (C=O) groups is 2. The molecule has 0 saturated carbocycles. The largest absolute Gasteiger partial charge is 0.481 e. The molecule has 1 saturated heterocycles. The number of carbonyl (C=O) groups excluding carboxylic acids is 1. The Morgan fingerprint density at radius 2 is 2.00 bits per heavy atom. The third kappa shape index (κ3) is 2.90. The number of carboxylic acid groups (broad SMARTS) is 1. The van der Waals surface area contributed by atoms with E-state index in [9.17, 15) is 19.1 Å². The van der Waals surface area contributed by atoms with Gasteiger partial charge >= 0.3 is 5.97 Å². The van der Waals surface area contributed by atoms with Crippen molar-refractivity contribution in [3.63, 3.8) is 0 Å². The van der Waals surface area contributed by atoms with Crippen molar-refractivity contribution < 1.29 is 19.1 Å². The van der Waals surface area contributed by atoms with Gasteiger partial charge in [-0.3, -0.25) is 9.59 Å². The number of benzene rings is 1. The van der Waals surface area contributed by atoms with Gasteiger partial charge in [0.15, 0.2) is 0 Å². The molecular formula is C19H18FN3O3S.